The van der Waals surface area contributed by atoms with Gasteiger partial charge in [0.05, 0.1) is 6.61 Å². The molecule has 1 aliphatic carbocycles. The molecule has 0 heterocycles. The van der Waals surface area contributed by atoms with E-state index in [1.807, 2.05) is 30.3 Å². The van der Waals surface area contributed by atoms with Gasteiger partial charge in [0.25, 0.3) is 0 Å². The van der Waals surface area contributed by atoms with E-state index in [0.717, 1.165) is 43.6 Å². The molecule has 0 radical (unpaired) electrons. The number of rotatable bonds is 7. The second-order valence-electron chi connectivity index (χ2n) is 5.59. The van der Waals surface area contributed by atoms with Crippen LogP contribution in [0.3, 0.4) is 0 Å². The molecule has 0 spiro atoms. The van der Waals surface area contributed by atoms with Crippen LogP contribution >= 0.6 is 0 Å². The number of unbranched alkanes of at least 4 members (excludes halogenated alkanes) is 1. The van der Waals surface area contributed by atoms with Gasteiger partial charge in [0.1, 0.15) is 5.75 Å². The summed E-state index contributed by atoms with van der Waals surface area (Å²) in [6, 6.07) is 8.21. The minimum Gasteiger partial charge on any atom is -0.494 e. The van der Waals surface area contributed by atoms with Gasteiger partial charge in [-0.25, -0.2) is 0 Å². The summed E-state index contributed by atoms with van der Waals surface area (Å²) in [5, 5.41) is 3.04. The van der Waals surface area contributed by atoms with Crippen molar-refractivity contribution in [3.8, 4) is 5.75 Å². The largest absolute Gasteiger partial charge is 0.494 e. The number of carbonyl (C=O) groups excluding carboxylic acids is 1. The standard InChI is InChI=1S/C18H25NO2/c1-2-3-14-21-17-11-8-15(9-12-17)10-13-18(20)19-16-6-4-5-7-16/h8-13,16H,2-7,14H2,1H3,(H,19,20). The van der Waals surface area contributed by atoms with Crippen molar-refractivity contribution in [1.82, 2.24) is 5.32 Å². The van der Waals surface area contributed by atoms with E-state index in [1.54, 1.807) is 6.08 Å². The Balaban J connectivity index is 1.78. The van der Waals surface area contributed by atoms with Crippen molar-refractivity contribution in [3.05, 3.63) is 35.9 Å². The Hall–Kier alpha value is -1.77. The van der Waals surface area contributed by atoms with E-state index >= 15 is 0 Å². The zero-order valence-corrected chi connectivity index (χ0v) is 12.8. The van der Waals surface area contributed by atoms with Crippen LogP contribution in [0.1, 0.15) is 51.0 Å². The van der Waals surface area contributed by atoms with Crippen molar-refractivity contribution in [3.63, 3.8) is 0 Å². The van der Waals surface area contributed by atoms with Gasteiger partial charge in [-0.1, -0.05) is 38.3 Å². The average molecular weight is 287 g/mol. The molecule has 0 unspecified atom stereocenters. The Bertz CT molecular complexity index is 459. The monoisotopic (exact) mass is 287 g/mol. The van der Waals surface area contributed by atoms with Crippen LogP contribution in [0.15, 0.2) is 30.3 Å². The SMILES string of the molecule is CCCCOc1ccc(C=CC(=O)NC2CCCC2)cc1. The lowest BCUT2D eigenvalue weighted by atomic mass is 10.2. The molecule has 1 fully saturated rings. The molecule has 1 amide bonds. The first-order valence-electron chi connectivity index (χ1n) is 7.99. The van der Waals surface area contributed by atoms with Crippen molar-refractivity contribution < 1.29 is 9.53 Å². The fraction of sp³-hybridized carbons (Fsp3) is 0.500. The van der Waals surface area contributed by atoms with Gasteiger partial charge in [-0.3, -0.25) is 4.79 Å². The van der Waals surface area contributed by atoms with E-state index in [1.165, 1.54) is 12.8 Å². The highest BCUT2D eigenvalue weighted by atomic mass is 16.5. The third-order valence-electron chi connectivity index (χ3n) is 3.78. The maximum absolute atomic E-state index is 11.8. The summed E-state index contributed by atoms with van der Waals surface area (Å²) in [4.78, 5) is 11.8. The average Bonchev–Trinajstić information content (AvgIpc) is 2.99. The summed E-state index contributed by atoms with van der Waals surface area (Å²) in [6.07, 6.45) is 10.4. The molecular weight excluding hydrogens is 262 g/mol. The molecule has 1 N–H and O–H groups in total. The number of ether oxygens (including phenoxy) is 1. The Morgan fingerprint density at radius 3 is 2.67 bits per heavy atom. The van der Waals surface area contributed by atoms with Gasteiger partial charge < -0.3 is 10.1 Å². The van der Waals surface area contributed by atoms with Crippen LogP contribution in [-0.4, -0.2) is 18.6 Å². The Morgan fingerprint density at radius 2 is 2.00 bits per heavy atom. The topological polar surface area (TPSA) is 38.3 Å². The van der Waals surface area contributed by atoms with Gasteiger partial charge in [-0.05, 0) is 43.0 Å². The molecule has 0 aliphatic heterocycles. The van der Waals surface area contributed by atoms with Crippen molar-refractivity contribution in [1.29, 1.82) is 0 Å². The third-order valence-corrected chi connectivity index (χ3v) is 3.78. The lowest BCUT2D eigenvalue weighted by Crippen LogP contribution is -2.30. The normalized spacial score (nSPS) is 15.5. The van der Waals surface area contributed by atoms with Crippen molar-refractivity contribution >= 4 is 12.0 Å². The van der Waals surface area contributed by atoms with Crippen molar-refractivity contribution in [2.45, 2.75) is 51.5 Å². The summed E-state index contributed by atoms with van der Waals surface area (Å²) in [7, 11) is 0. The second kappa shape index (κ2) is 8.50. The number of benzene rings is 1. The fourth-order valence-electron chi connectivity index (χ4n) is 2.50. The molecule has 1 aromatic carbocycles. The lowest BCUT2D eigenvalue weighted by Gasteiger charge is -2.09. The van der Waals surface area contributed by atoms with E-state index in [-0.39, 0.29) is 5.91 Å². The molecule has 1 aliphatic rings. The summed E-state index contributed by atoms with van der Waals surface area (Å²) in [6.45, 7) is 2.91. The first-order chi connectivity index (χ1) is 10.3. The maximum atomic E-state index is 11.8. The van der Waals surface area contributed by atoms with E-state index in [9.17, 15) is 4.79 Å². The minimum absolute atomic E-state index is 0.00479. The number of carbonyl (C=O) groups is 1. The highest BCUT2D eigenvalue weighted by Crippen LogP contribution is 2.17. The second-order valence-corrected chi connectivity index (χ2v) is 5.59. The quantitative estimate of drug-likeness (QED) is 0.609. The number of hydrogen-bond acceptors (Lipinski definition) is 2. The van der Waals surface area contributed by atoms with Crippen LogP contribution < -0.4 is 10.1 Å². The Morgan fingerprint density at radius 1 is 1.29 bits per heavy atom. The summed E-state index contributed by atoms with van der Waals surface area (Å²) < 4.78 is 5.61. The van der Waals surface area contributed by atoms with Crippen LogP contribution in [0.2, 0.25) is 0 Å². The van der Waals surface area contributed by atoms with Gasteiger partial charge in [-0.15, -0.1) is 0 Å². The van der Waals surface area contributed by atoms with Crippen LogP contribution in [0.4, 0.5) is 0 Å². The van der Waals surface area contributed by atoms with E-state index in [4.69, 9.17) is 4.74 Å². The molecule has 3 nitrogen and oxygen atoms in total. The van der Waals surface area contributed by atoms with Crippen molar-refractivity contribution in [2.75, 3.05) is 6.61 Å². The van der Waals surface area contributed by atoms with Gasteiger partial charge in [0, 0.05) is 12.1 Å². The first-order valence-corrected chi connectivity index (χ1v) is 7.99. The van der Waals surface area contributed by atoms with Crippen molar-refractivity contribution in [2.24, 2.45) is 0 Å². The van der Waals surface area contributed by atoms with E-state index in [0.29, 0.717) is 6.04 Å². The predicted molar refractivity (Wildman–Crippen MR) is 86.3 cm³/mol. The minimum atomic E-state index is 0.00479. The molecule has 3 heteroatoms. The molecule has 0 saturated heterocycles. The molecule has 114 valence electrons. The van der Waals surface area contributed by atoms with Gasteiger partial charge >= 0.3 is 0 Å². The lowest BCUT2D eigenvalue weighted by molar-refractivity contribution is -0.117. The highest BCUT2D eigenvalue weighted by Gasteiger charge is 2.15. The van der Waals surface area contributed by atoms with Gasteiger partial charge in [0.15, 0.2) is 0 Å². The highest BCUT2D eigenvalue weighted by molar-refractivity contribution is 5.91. The molecule has 21 heavy (non-hydrogen) atoms. The molecule has 1 aromatic rings. The Labute approximate surface area is 127 Å². The van der Waals surface area contributed by atoms with E-state index < -0.39 is 0 Å². The molecule has 2 rings (SSSR count). The molecular formula is C18H25NO2. The van der Waals surface area contributed by atoms with Gasteiger partial charge in [-0.2, -0.15) is 0 Å². The number of hydrogen-bond donors (Lipinski definition) is 1. The Kier molecular flexibility index (Phi) is 6.32. The summed E-state index contributed by atoms with van der Waals surface area (Å²) >= 11 is 0. The summed E-state index contributed by atoms with van der Waals surface area (Å²) in [5.74, 6) is 0.890. The first kappa shape index (κ1) is 15.6. The van der Waals surface area contributed by atoms with Crippen LogP contribution in [0, 0.1) is 0 Å². The molecule has 0 aromatic heterocycles. The summed E-state index contributed by atoms with van der Waals surface area (Å²) in [5.41, 5.74) is 1.01. The smallest absolute Gasteiger partial charge is 0.244 e. The number of nitrogens with one attached hydrogen (secondary N) is 1. The van der Waals surface area contributed by atoms with E-state index in [2.05, 4.69) is 12.2 Å². The molecule has 0 atom stereocenters. The van der Waals surface area contributed by atoms with Crippen LogP contribution in [0.25, 0.3) is 6.08 Å². The molecule has 0 bridgehead atoms. The zero-order valence-electron chi connectivity index (χ0n) is 12.8. The maximum Gasteiger partial charge on any atom is 0.244 e. The predicted octanol–water partition coefficient (Wildman–Crippen LogP) is 3.94. The van der Waals surface area contributed by atoms with Crippen LogP contribution in [-0.2, 0) is 4.79 Å². The fourth-order valence-corrected chi connectivity index (χ4v) is 2.50. The number of amides is 1. The third kappa shape index (κ3) is 5.62. The molecule has 1 saturated carbocycles. The van der Waals surface area contributed by atoms with Crippen LogP contribution in [0.5, 0.6) is 5.75 Å². The zero-order chi connectivity index (χ0) is 14.9. The van der Waals surface area contributed by atoms with Gasteiger partial charge in [0.2, 0.25) is 5.91 Å².